The Balaban J connectivity index is 1.57. The Morgan fingerprint density at radius 3 is 2.71 bits per heavy atom. The Hall–Kier alpha value is -1.95. The summed E-state index contributed by atoms with van der Waals surface area (Å²) in [5.41, 5.74) is 0.928. The zero-order valence-corrected chi connectivity index (χ0v) is 12.2. The van der Waals surface area contributed by atoms with Gasteiger partial charge in [-0.15, -0.1) is 0 Å². The minimum atomic E-state index is 0.516. The van der Waals surface area contributed by atoms with Crippen molar-refractivity contribution in [2.45, 2.75) is 43.8 Å². The van der Waals surface area contributed by atoms with Gasteiger partial charge in [0.25, 0.3) is 0 Å². The molecule has 3 atom stereocenters. The molecule has 2 aliphatic heterocycles. The minimum absolute atomic E-state index is 0.516. The highest BCUT2D eigenvalue weighted by Gasteiger charge is 2.35. The second-order valence-electron chi connectivity index (χ2n) is 6.07. The van der Waals surface area contributed by atoms with Crippen LogP contribution in [-0.2, 0) is 0 Å². The smallest absolute Gasteiger partial charge is 0.228 e. The number of nitrogens with one attached hydrogen (secondary N) is 2. The number of hydrogen-bond acceptors (Lipinski definition) is 5. The summed E-state index contributed by atoms with van der Waals surface area (Å²) in [5, 5.41) is 3.68. The molecule has 2 N–H and O–H groups in total. The van der Waals surface area contributed by atoms with E-state index in [-0.39, 0.29) is 0 Å². The molecule has 2 aromatic heterocycles. The van der Waals surface area contributed by atoms with Gasteiger partial charge in [-0.25, -0.2) is 9.97 Å². The molecule has 2 bridgehead atoms. The Kier molecular flexibility index (Phi) is 3.11. The van der Waals surface area contributed by atoms with Crippen LogP contribution >= 0.6 is 0 Å². The van der Waals surface area contributed by atoms with Gasteiger partial charge >= 0.3 is 0 Å². The zero-order chi connectivity index (χ0) is 14.2. The standard InChI is InChI=1S/C15H20N6/c1-21(12-7-10-4-5-11(8-12)19-10)15-18-9-17-14(20-15)13-3-2-6-16-13/h2-3,6,9-12,16,19H,4-5,7-8H2,1H3/t10-,11+,12?. The van der Waals surface area contributed by atoms with Gasteiger partial charge in [0.1, 0.15) is 6.33 Å². The van der Waals surface area contributed by atoms with Crippen molar-refractivity contribution in [2.75, 3.05) is 11.9 Å². The van der Waals surface area contributed by atoms with Crippen LogP contribution < -0.4 is 10.2 Å². The minimum Gasteiger partial charge on any atom is -0.359 e. The molecule has 6 nitrogen and oxygen atoms in total. The monoisotopic (exact) mass is 284 g/mol. The van der Waals surface area contributed by atoms with E-state index < -0.39 is 0 Å². The summed E-state index contributed by atoms with van der Waals surface area (Å²) in [7, 11) is 2.10. The van der Waals surface area contributed by atoms with Crippen molar-refractivity contribution in [1.82, 2.24) is 25.3 Å². The normalized spacial score (nSPS) is 27.8. The Morgan fingerprint density at radius 1 is 1.19 bits per heavy atom. The second kappa shape index (κ2) is 5.11. The van der Waals surface area contributed by atoms with Crippen LogP contribution in [0.4, 0.5) is 5.95 Å². The quantitative estimate of drug-likeness (QED) is 0.895. The molecular weight excluding hydrogens is 264 g/mol. The average Bonchev–Trinajstić information content (AvgIpc) is 3.16. The summed E-state index contributed by atoms with van der Waals surface area (Å²) in [6.07, 6.45) is 8.45. The fourth-order valence-corrected chi connectivity index (χ4v) is 3.56. The highest BCUT2D eigenvalue weighted by atomic mass is 15.3. The van der Waals surface area contributed by atoms with Crippen molar-refractivity contribution in [2.24, 2.45) is 0 Å². The lowest BCUT2D eigenvalue weighted by Gasteiger charge is -2.35. The molecule has 4 heterocycles. The molecule has 0 aliphatic carbocycles. The molecular formula is C15H20N6. The first-order valence-corrected chi connectivity index (χ1v) is 7.61. The van der Waals surface area contributed by atoms with Crippen LogP contribution in [0.3, 0.4) is 0 Å². The van der Waals surface area contributed by atoms with E-state index in [1.54, 1.807) is 6.33 Å². The average molecular weight is 284 g/mol. The number of rotatable bonds is 3. The van der Waals surface area contributed by atoms with Crippen molar-refractivity contribution in [1.29, 1.82) is 0 Å². The van der Waals surface area contributed by atoms with Gasteiger partial charge in [0.15, 0.2) is 5.82 Å². The van der Waals surface area contributed by atoms with Crippen LogP contribution in [0.25, 0.3) is 11.5 Å². The molecule has 0 saturated carbocycles. The van der Waals surface area contributed by atoms with E-state index in [0.29, 0.717) is 23.9 Å². The molecule has 2 saturated heterocycles. The highest BCUT2D eigenvalue weighted by molar-refractivity contribution is 5.50. The number of fused-ring (bicyclic) bond motifs is 2. The molecule has 0 amide bonds. The van der Waals surface area contributed by atoms with E-state index >= 15 is 0 Å². The van der Waals surface area contributed by atoms with Gasteiger partial charge in [0.2, 0.25) is 5.95 Å². The van der Waals surface area contributed by atoms with Crippen molar-refractivity contribution in [3.63, 3.8) is 0 Å². The maximum absolute atomic E-state index is 4.61. The molecule has 2 aliphatic rings. The number of aromatic amines is 1. The van der Waals surface area contributed by atoms with Gasteiger partial charge < -0.3 is 15.2 Å². The summed E-state index contributed by atoms with van der Waals surface area (Å²) in [6.45, 7) is 0. The van der Waals surface area contributed by atoms with E-state index in [4.69, 9.17) is 0 Å². The first kappa shape index (κ1) is 12.8. The highest BCUT2D eigenvalue weighted by Crippen LogP contribution is 2.30. The largest absolute Gasteiger partial charge is 0.359 e. The molecule has 4 rings (SSSR count). The third-order valence-corrected chi connectivity index (χ3v) is 4.71. The first-order chi connectivity index (χ1) is 10.3. The number of piperidine rings is 1. The van der Waals surface area contributed by atoms with Gasteiger partial charge in [-0.05, 0) is 37.8 Å². The number of nitrogens with zero attached hydrogens (tertiary/aromatic N) is 4. The summed E-state index contributed by atoms with van der Waals surface area (Å²) in [5.74, 6) is 1.47. The first-order valence-electron chi connectivity index (χ1n) is 7.61. The summed E-state index contributed by atoms with van der Waals surface area (Å²) >= 11 is 0. The molecule has 21 heavy (non-hydrogen) atoms. The van der Waals surface area contributed by atoms with E-state index in [0.717, 1.165) is 11.6 Å². The van der Waals surface area contributed by atoms with E-state index in [9.17, 15) is 0 Å². The molecule has 2 aromatic rings. The lowest BCUT2D eigenvalue weighted by Crippen LogP contribution is -2.47. The zero-order valence-electron chi connectivity index (χ0n) is 12.2. The SMILES string of the molecule is CN(c1ncnc(-c2ccc[nH]2)n1)C1C[C@H]2CC[C@@H](C1)N2. The van der Waals surface area contributed by atoms with E-state index in [2.05, 4.69) is 37.2 Å². The van der Waals surface area contributed by atoms with Gasteiger partial charge in [0, 0.05) is 31.4 Å². The topological polar surface area (TPSA) is 69.7 Å². The van der Waals surface area contributed by atoms with Crippen LogP contribution in [0.15, 0.2) is 24.7 Å². The fourth-order valence-electron chi connectivity index (χ4n) is 3.56. The Bertz CT molecular complexity index is 598. The summed E-state index contributed by atoms with van der Waals surface area (Å²) in [6, 6.07) is 5.78. The lowest BCUT2D eigenvalue weighted by atomic mass is 9.99. The van der Waals surface area contributed by atoms with Gasteiger partial charge in [-0.2, -0.15) is 4.98 Å². The molecule has 110 valence electrons. The predicted octanol–water partition coefficient (Wildman–Crippen LogP) is 1.59. The van der Waals surface area contributed by atoms with Crippen LogP contribution in [0.2, 0.25) is 0 Å². The van der Waals surface area contributed by atoms with Crippen molar-refractivity contribution < 1.29 is 0 Å². The Morgan fingerprint density at radius 2 is 2.00 bits per heavy atom. The maximum Gasteiger partial charge on any atom is 0.228 e. The van der Waals surface area contributed by atoms with Gasteiger partial charge in [-0.3, -0.25) is 0 Å². The maximum atomic E-state index is 4.61. The molecule has 6 heteroatoms. The van der Waals surface area contributed by atoms with Crippen LogP contribution in [0, 0.1) is 0 Å². The van der Waals surface area contributed by atoms with Crippen LogP contribution in [0.5, 0.6) is 0 Å². The Labute approximate surface area is 124 Å². The van der Waals surface area contributed by atoms with Crippen LogP contribution in [0.1, 0.15) is 25.7 Å². The summed E-state index contributed by atoms with van der Waals surface area (Å²) in [4.78, 5) is 18.6. The molecule has 0 radical (unpaired) electrons. The number of hydrogen-bond donors (Lipinski definition) is 2. The molecule has 0 aromatic carbocycles. The number of aromatic nitrogens is 4. The number of H-pyrrole nitrogens is 1. The molecule has 2 fully saturated rings. The van der Waals surface area contributed by atoms with Crippen molar-refractivity contribution in [3.05, 3.63) is 24.7 Å². The third kappa shape index (κ3) is 2.40. The number of anilines is 1. The van der Waals surface area contributed by atoms with Gasteiger partial charge in [0.05, 0.1) is 5.69 Å². The van der Waals surface area contributed by atoms with Crippen LogP contribution in [-0.4, -0.2) is 45.1 Å². The van der Waals surface area contributed by atoms with Crippen molar-refractivity contribution in [3.8, 4) is 11.5 Å². The van der Waals surface area contributed by atoms with Crippen molar-refractivity contribution >= 4 is 5.95 Å². The fraction of sp³-hybridized carbons (Fsp3) is 0.533. The molecule has 1 unspecified atom stereocenters. The molecule has 0 spiro atoms. The summed E-state index contributed by atoms with van der Waals surface area (Å²) < 4.78 is 0. The predicted molar refractivity (Wildman–Crippen MR) is 81.0 cm³/mol. The van der Waals surface area contributed by atoms with E-state index in [1.165, 1.54) is 25.7 Å². The van der Waals surface area contributed by atoms with E-state index in [1.807, 2.05) is 18.3 Å². The third-order valence-electron chi connectivity index (χ3n) is 4.71. The lowest BCUT2D eigenvalue weighted by molar-refractivity contribution is 0.352. The second-order valence-corrected chi connectivity index (χ2v) is 6.07. The van der Waals surface area contributed by atoms with Gasteiger partial charge in [-0.1, -0.05) is 0 Å².